The molecule has 0 radical (unpaired) electrons. The molecule has 0 aliphatic heterocycles. The van der Waals surface area contributed by atoms with Crippen molar-refractivity contribution in [3.05, 3.63) is 77.0 Å². The summed E-state index contributed by atoms with van der Waals surface area (Å²) in [6.45, 7) is 1.87. The predicted octanol–water partition coefficient (Wildman–Crippen LogP) is 4.44. The van der Waals surface area contributed by atoms with Gasteiger partial charge in [0.15, 0.2) is 6.61 Å². The lowest BCUT2D eigenvalue weighted by molar-refractivity contribution is -0.123. The van der Waals surface area contributed by atoms with Crippen molar-refractivity contribution in [2.24, 2.45) is 5.10 Å². The van der Waals surface area contributed by atoms with Gasteiger partial charge in [0, 0.05) is 10.6 Å². The maximum atomic E-state index is 11.7. The summed E-state index contributed by atoms with van der Waals surface area (Å²) in [6, 6.07) is 18.4. The Morgan fingerprint density at radius 3 is 2.77 bits per heavy atom. The van der Waals surface area contributed by atoms with Crippen LogP contribution in [-0.2, 0) is 4.79 Å². The van der Waals surface area contributed by atoms with E-state index >= 15 is 0 Å². The molecule has 1 heterocycles. The van der Waals surface area contributed by atoms with E-state index in [1.165, 1.54) is 6.21 Å². The van der Waals surface area contributed by atoms with Crippen LogP contribution in [0.3, 0.4) is 0 Å². The summed E-state index contributed by atoms with van der Waals surface area (Å²) in [5, 5.41) is 4.50. The van der Waals surface area contributed by atoms with Crippen LogP contribution >= 0.6 is 11.6 Å². The van der Waals surface area contributed by atoms with E-state index in [0.29, 0.717) is 22.3 Å². The lowest BCUT2D eigenvalue weighted by atomic mass is 10.2. The lowest BCUT2D eigenvalue weighted by Crippen LogP contribution is -2.24. The molecule has 6 heteroatoms. The van der Waals surface area contributed by atoms with Crippen molar-refractivity contribution in [1.82, 2.24) is 5.43 Å². The van der Waals surface area contributed by atoms with E-state index in [1.807, 2.05) is 55.5 Å². The fraction of sp³-hybridized carbons (Fsp3) is 0.100. The van der Waals surface area contributed by atoms with Crippen molar-refractivity contribution >= 4 is 23.7 Å². The second kappa shape index (κ2) is 8.36. The van der Waals surface area contributed by atoms with E-state index in [-0.39, 0.29) is 12.5 Å². The Kier molecular flexibility index (Phi) is 5.71. The van der Waals surface area contributed by atoms with Gasteiger partial charge < -0.3 is 9.15 Å². The average Bonchev–Trinajstić information content (AvgIpc) is 3.10. The monoisotopic (exact) mass is 368 g/mol. The molecule has 0 fully saturated rings. The molecule has 1 N–H and O–H groups in total. The number of rotatable bonds is 6. The Morgan fingerprint density at radius 2 is 2.00 bits per heavy atom. The minimum Gasteiger partial charge on any atom is -0.484 e. The number of hydrogen-bond acceptors (Lipinski definition) is 4. The van der Waals surface area contributed by atoms with Gasteiger partial charge in [-0.15, -0.1) is 0 Å². The first-order chi connectivity index (χ1) is 12.6. The highest BCUT2D eigenvalue weighted by Crippen LogP contribution is 2.24. The van der Waals surface area contributed by atoms with Crippen LogP contribution in [0.1, 0.15) is 11.3 Å². The van der Waals surface area contributed by atoms with Gasteiger partial charge in [0.2, 0.25) is 0 Å². The molecule has 0 spiro atoms. The SMILES string of the molecule is Cc1ccc(OCC(=O)N/N=C\c2ccc(-c3cccc(Cl)c3)o2)cc1. The van der Waals surface area contributed by atoms with E-state index < -0.39 is 0 Å². The molecule has 0 saturated heterocycles. The third-order valence-electron chi connectivity index (χ3n) is 3.51. The molecule has 0 unspecified atom stereocenters. The molecule has 0 atom stereocenters. The molecule has 0 saturated carbocycles. The van der Waals surface area contributed by atoms with Crippen molar-refractivity contribution in [1.29, 1.82) is 0 Å². The lowest BCUT2D eigenvalue weighted by Gasteiger charge is -2.04. The number of nitrogens with one attached hydrogen (secondary N) is 1. The molecule has 26 heavy (non-hydrogen) atoms. The summed E-state index contributed by atoms with van der Waals surface area (Å²) in [5.74, 6) is 1.46. The molecule has 0 aliphatic rings. The third-order valence-corrected chi connectivity index (χ3v) is 3.74. The van der Waals surface area contributed by atoms with Gasteiger partial charge in [-0.3, -0.25) is 4.79 Å². The zero-order valence-corrected chi connectivity index (χ0v) is 14.9. The number of hydrazone groups is 1. The maximum Gasteiger partial charge on any atom is 0.277 e. The van der Waals surface area contributed by atoms with E-state index in [1.54, 1.807) is 12.1 Å². The predicted molar refractivity (Wildman–Crippen MR) is 102 cm³/mol. The zero-order chi connectivity index (χ0) is 18.4. The summed E-state index contributed by atoms with van der Waals surface area (Å²) in [6.07, 6.45) is 1.43. The standard InChI is InChI=1S/C20H17ClN2O3/c1-14-5-7-17(8-6-14)25-13-20(24)23-22-12-18-9-10-19(26-18)15-3-2-4-16(21)11-15/h2-12H,13H2,1H3,(H,23,24)/b22-12-. The summed E-state index contributed by atoms with van der Waals surface area (Å²) >= 11 is 5.97. The second-order valence-corrected chi connectivity index (χ2v) is 6.04. The minimum atomic E-state index is -0.358. The van der Waals surface area contributed by atoms with Crippen LogP contribution in [0.25, 0.3) is 11.3 Å². The molecular formula is C20H17ClN2O3. The molecule has 3 aromatic rings. The first-order valence-electron chi connectivity index (χ1n) is 7.97. The van der Waals surface area contributed by atoms with Gasteiger partial charge in [-0.25, -0.2) is 5.43 Å². The molecular weight excluding hydrogens is 352 g/mol. The van der Waals surface area contributed by atoms with Crippen molar-refractivity contribution in [3.63, 3.8) is 0 Å². The third kappa shape index (κ3) is 4.97. The summed E-state index contributed by atoms with van der Waals surface area (Å²) < 4.78 is 11.0. The van der Waals surface area contributed by atoms with Crippen molar-refractivity contribution in [3.8, 4) is 17.1 Å². The molecule has 1 aromatic heterocycles. The van der Waals surface area contributed by atoms with Gasteiger partial charge in [0.05, 0.1) is 6.21 Å². The number of amides is 1. The van der Waals surface area contributed by atoms with Crippen LogP contribution in [0.15, 0.2) is 70.2 Å². The Hall–Kier alpha value is -3.05. The van der Waals surface area contributed by atoms with Crippen LogP contribution in [0.4, 0.5) is 0 Å². The average molecular weight is 369 g/mol. The zero-order valence-electron chi connectivity index (χ0n) is 14.1. The number of benzene rings is 2. The number of ether oxygens (including phenoxy) is 1. The van der Waals surface area contributed by atoms with E-state index in [2.05, 4.69) is 10.5 Å². The highest BCUT2D eigenvalue weighted by Gasteiger charge is 2.05. The highest BCUT2D eigenvalue weighted by atomic mass is 35.5. The Balaban J connectivity index is 1.50. The quantitative estimate of drug-likeness (QED) is 0.517. The van der Waals surface area contributed by atoms with Crippen LogP contribution in [-0.4, -0.2) is 18.7 Å². The molecule has 1 amide bonds. The van der Waals surface area contributed by atoms with E-state index in [4.69, 9.17) is 20.8 Å². The minimum absolute atomic E-state index is 0.119. The summed E-state index contributed by atoms with van der Waals surface area (Å²) in [7, 11) is 0. The highest BCUT2D eigenvalue weighted by molar-refractivity contribution is 6.30. The van der Waals surface area contributed by atoms with E-state index in [9.17, 15) is 4.79 Å². The topological polar surface area (TPSA) is 63.8 Å². The number of carbonyl (C=O) groups excluding carboxylic acids is 1. The van der Waals surface area contributed by atoms with Crippen LogP contribution < -0.4 is 10.2 Å². The Bertz CT molecular complexity index is 917. The van der Waals surface area contributed by atoms with Gasteiger partial charge >= 0.3 is 0 Å². The maximum absolute atomic E-state index is 11.7. The summed E-state index contributed by atoms with van der Waals surface area (Å²) in [5.41, 5.74) is 4.39. The van der Waals surface area contributed by atoms with Gasteiger partial charge in [-0.05, 0) is 43.3 Å². The normalized spacial score (nSPS) is 10.8. The molecule has 132 valence electrons. The van der Waals surface area contributed by atoms with Gasteiger partial charge in [-0.1, -0.05) is 41.4 Å². The smallest absolute Gasteiger partial charge is 0.277 e. The number of furan rings is 1. The second-order valence-electron chi connectivity index (χ2n) is 5.61. The first kappa shape index (κ1) is 17.8. The molecule has 5 nitrogen and oxygen atoms in total. The van der Waals surface area contributed by atoms with Crippen molar-refractivity contribution < 1.29 is 13.9 Å². The van der Waals surface area contributed by atoms with Crippen LogP contribution in [0.2, 0.25) is 5.02 Å². The number of hydrogen-bond donors (Lipinski definition) is 1. The molecule has 2 aromatic carbocycles. The van der Waals surface area contributed by atoms with Gasteiger partial charge in [0.1, 0.15) is 17.3 Å². The van der Waals surface area contributed by atoms with Crippen molar-refractivity contribution in [2.45, 2.75) is 6.92 Å². The molecule has 0 aliphatic carbocycles. The fourth-order valence-electron chi connectivity index (χ4n) is 2.20. The number of nitrogens with zero attached hydrogens (tertiary/aromatic N) is 1. The van der Waals surface area contributed by atoms with Gasteiger partial charge in [0.25, 0.3) is 5.91 Å². The number of carbonyl (C=O) groups is 1. The largest absolute Gasteiger partial charge is 0.484 e. The van der Waals surface area contributed by atoms with Crippen LogP contribution in [0, 0.1) is 6.92 Å². The van der Waals surface area contributed by atoms with E-state index in [0.717, 1.165) is 11.1 Å². The number of halogens is 1. The number of aryl methyl sites for hydroxylation is 1. The van der Waals surface area contributed by atoms with Crippen LogP contribution in [0.5, 0.6) is 5.75 Å². The molecule has 3 rings (SSSR count). The first-order valence-corrected chi connectivity index (χ1v) is 8.35. The van der Waals surface area contributed by atoms with Crippen molar-refractivity contribution in [2.75, 3.05) is 6.61 Å². The summed E-state index contributed by atoms with van der Waals surface area (Å²) in [4.78, 5) is 11.7. The Morgan fingerprint density at radius 1 is 1.19 bits per heavy atom. The molecule has 0 bridgehead atoms. The fourth-order valence-corrected chi connectivity index (χ4v) is 2.39. The van der Waals surface area contributed by atoms with Gasteiger partial charge in [-0.2, -0.15) is 5.10 Å². The Labute approximate surface area is 156 Å².